The van der Waals surface area contributed by atoms with E-state index < -0.39 is 12.0 Å². The first-order valence-electron chi connectivity index (χ1n) is 5.54. The van der Waals surface area contributed by atoms with E-state index in [4.69, 9.17) is 5.11 Å². The van der Waals surface area contributed by atoms with Crippen LogP contribution in [-0.4, -0.2) is 32.8 Å². The van der Waals surface area contributed by atoms with Gasteiger partial charge in [-0.05, 0) is 26.3 Å². The highest BCUT2D eigenvalue weighted by Crippen LogP contribution is 2.09. The number of amides is 1. The number of aromatic carboxylic acids is 1. The van der Waals surface area contributed by atoms with Crippen LogP contribution in [0, 0.1) is 0 Å². The summed E-state index contributed by atoms with van der Waals surface area (Å²) in [7, 11) is 0. The van der Waals surface area contributed by atoms with Gasteiger partial charge in [0.15, 0.2) is 0 Å². The number of rotatable bonds is 5. The Morgan fingerprint density at radius 2 is 2.18 bits per heavy atom. The topological polar surface area (TPSA) is 84.2 Å². The quantitative estimate of drug-likeness (QED) is 0.804. The standard InChI is InChI=1S/C11H17N3O3/c1-4-7(2)13-10(15)8(3)14-9(11(16)17)5-6-12-14/h5-8H,4H2,1-3H3,(H,13,15)(H,16,17). The van der Waals surface area contributed by atoms with Crippen molar-refractivity contribution in [3.05, 3.63) is 18.0 Å². The van der Waals surface area contributed by atoms with E-state index >= 15 is 0 Å². The van der Waals surface area contributed by atoms with E-state index in [9.17, 15) is 9.59 Å². The molecular weight excluding hydrogens is 222 g/mol. The molecular formula is C11H17N3O3. The summed E-state index contributed by atoms with van der Waals surface area (Å²) >= 11 is 0. The average Bonchev–Trinajstić information content (AvgIpc) is 2.76. The van der Waals surface area contributed by atoms with E-state index in [1.807, 2.05) is 13.8 Å². The number of carbonyl (C=O) groups excluding carboxylic acids is 1. The van der Waals surface area contributed by atoms with Crippen LogP contribution in [0.4, 0.5) is 0 Å². The lowest BCUT2D eigenvalue weighted by atomic mass is 10.2. The second-order valence-electron chi connectivity index (χ2n) is 3.96. The minimum Gasteiger partial charge on any atom is -0.477 e. The number of aromatic nitrogens is 2. The molecule has 6 nitrogen and oxygen atoms in total. The molecule has 0 bridgehead atoms. The third kappa shape index (κ3) is 3.05. The van der Waals surface area contributed by atoms with Crippen molar-refractivity contribution in [3.8, 4) is 0 Å². The number of carboxylic acid groups (broad SMARTS) is 1. The third-order valence-electron chi connectivity index (χ3n) is 2.64. The number of nitrogens with one attached hydrogen (secondary N) is 1. The van der Waals surface area contributed by atoms with Crippen molar-refractivity contribution in [1.29, 1.82) is 0 Å². The number of hydrogen-bond donors (Lipinski definition) is 2. The molecule has 0 fully saturated rings. The zero-order chi connectivity index (χ0) is 13.0. The Morgan fingerprint density at radius 3 is 2.71 bits per heavy atom. The van der Waals surface area contributed by atoms with Gasteiger partial charge in [-0.3, -0.25) is 4.79 Å². The fourth-order valence-electron chi connectivity index (χ4n) is 1.37. The maximum atomic E-state index is 11.8. The van der Waals surface area contributed by atoms with Crippen LogP contribution in [0.5, 0.6) is 0 Å². The molecule has 0 saturated heterocycles. The highest BCUT2D eigenvalue weighted by Gasteiger charge is 2.21. The molecule has 6 heteroatoms. The predicted molar refractivity (Wildman–Crippen MR) is 61.8 cm³/mol. The van der Waals surface area contributed by atoms with Gasteiger partial charge in [-0.2, -0.15) is 5.10 Å². The van der Waals surface area contributed by atoms with Crippen LogP contribution in [0.15, 0.2) is 12.3 Å². The maximum Gasteiger partial charge on any atom is 0.354 e. The predicted octanol–water partition coefficient (Wildman–Crippen LogP) is 1.06. The Labute approximate surface area is 99.6 Å². The summed E-state index contributed by atoms with van der Waals surface area (Å²) < 4.78 is 1.21. The lowest BCUT2D eigenvalue weighted by molar-refractivity contribution is -0.124. The normalized spacial score (nSPS) is 14.1. The third-order valence-corrected chi connectivity index (χ3v) is 2.64. The van der Waals surface area contributed by atoms with Gasteiger partial charge in [0.25, 0.3) is 0 Å². The van der Waals surface area contributed by atoms with Crippen LogP contribution in [0.25, 0.3) is 0 Å². The Bertz CT molecular complexity index is 414. The summed E-state index contributed by atoms with van der Waals surface area (Å²) in [5, 5.41) is 15.6. The number of nitrogens with zero attached hydrogens (tertiary/aromatic N) is 2. The molecule has 1 aromatic heterocycles. The van der Waals surface area contributed by atoms with Gasteiger partial charge < -0.3 is 10.4 Å². The van der Waals surface area contributed by atoms with Crippen LogP contribution >= 0.6 is 0 Å². The monoisotopic (exact) mass is 239 g/mol. The molecule has 0 radical (unpaired) electrons. The van der Waals surface area contributed by atoms with Crippen molar-refractivity contribution in [2.24, 2.45) is 0 Å². The Kier molecular flexibility index (Phi) is 4.25. The second kappa shape index (κ2) is 5.47. The van der Waals surface area contributed by atoms with Gasteiger partial charge in [0.2, 0.25) is 5.91 Å². The molecule has 1 rings (SSSR count). The van der Waals surface area contributed by atoms with E-state index in [0.29, 0.717) is 0 Å². The van der Waals surface area contributed by atoms with Crippen molar-refractivity contribution in [2.75, 3.05) is 0 Å². The first kappa shape index (κ1) is 13.2. The summed E-state index contributed by atoms with van der Waals surface area (Å²) in [5.74, 6) is -1.32. The first-order chi connectivity index (χ1) is 7.97. The van der Waals surface area contributed by atoms with Crippen LogP contribution in [0.2, 0.25) is 0 Å². The summed E-state index contributed by atoms with van der Waals surface area (Å²) in [6.45, 7) is 5.48. The van der Waals surface area contributed by atoms with Gasteiger partial charge in [0.1, 0.15) is 11.7 Å². The lowest BCUT2D eigenvalue weighted by Gasteiger charge is -2.17. The van der Waals surface area contributed by atoms with Crippen LogP contribution in [0.3, 0.4) is 0 Å². The molecule has 0 aliphatic rings. The number of carbonyl (C=O) groups is 2. The Balaban J connectivity index is 2.81. The summed E-state index contributed by atoms with van der Waals surface area (Å²) in [5.41, 5.74) is 0.0109. The Morgan fingerprint density at radius 1 is 1.53 bits per heavy atom. The number of carboxylic acids is 1. The molecule has 0 aromatic carbocycles. The van der Waals surface area contributed by atoms with E-state index in [0.717, 1.165) is 6.42 Å². The van der Waals surface area contributed by atoms with Gasteiger partial charge in [-0.25, -0.2) is 9.48 Å². The van der Waals surface area contributed by atoms with Crippen molar-refractivity contribution in [1.82, 2.24) is 15.1 Å². The van der Waals surface area contributed by atoms with Gasteiger partial charge in [-0.1, -0.05) is 6.92 Å². The smallest absolute Gasteiger partial charge is 0.354 e. The van der Waals surface area contributed by atoms with Gasteiger partial charge in [0, 0.05) is 12.2 Å². The molecule has 2 N–H and O–H groups in total. The molecule has 0 spiro atoms. The number of hydrogen-bond acceptors (Lipinski definition) is 3. The SMILES string of the molecule is CCC(C)NC(=O)C(C)n1nccc1C(=O)O. The average molecular weight is 239 g/mol. The summed E-state index contributed by atoms with van der Waals surface area (Å²) in [6, 6.07) is 0.800. The molecule has 0 aliphatic heterocycles. The Hall–Kier alpha value is -1.85. The molecule has 1 amide bonds. The van der Waals surface area contributed by atoms with Crippen molar-refractivity contribution in [2.45, 2.75) is 39.3 Å². The highest BCUT2D eigenvalue weighted by molar-refractivity contribution is 5.87. The van der Waals surface area contributed by atoms with E-state index in [2.05, 4.69) is 10.4 Å². The van der Waals surface area contributed by atoms with Crippen LogP contribution < -0.4 is 5.32 Å². The highest BCUT2D eigenvalue weighted by atomic mass is 16.4. The van der Waals surface area contributed by atoms with Gasteiger partial charge >= 0.3 is 5.97 Å². The minimum atomic E-state index is -1.09. The fraction of sp³-hybridized carbons (Fsp3) is 0.545. The molecule has 0 aliphatic carbocycles. The van der Waals surface area contributed by atoms with Gasteiger partial charge in [0.05, 0.1) is 0 Å². The largest absolute Gasteiger partial charge is 0.477 e. The second-order valence-corrected chi connectivity index (χ2v) is 3.96. The molecule has 94 valence electrons. The van der Waals surface area contributed by atoms with Crippen molar-refractivity contribution < 1.29 is 14.7 Å². The van der Waals surface area contributed by atoms with Crippen molar-refractivity contribution >= 4 is 11.9 Å². The van der Waals surface area contributed by atoms with Crippen molar-refractivity contribution in [3.63, 3.8) is 0 Å². The molecule has 0 saturated carbocycles. The van der Waals surface area contributed by atoms with E-state index in [1.54, 1.807) is 6.92 Å². The molecule has 1 aromatic rings. The molecule has 2 atom stereocenters. The van der Waals surface area contributed by atoms with Crippen LogP contribution in [0.1, 0.15) is 43.7 Å². The van der Waals surface area contributed by atoms with Crippen LogP contribution in [-0.2, 0) is 4.79 Å². The van der Waals surface area contributed by atoms with Gasteiger partial charge in [-0.15, -0.1) is 0 Å². The van der Waals surface area contributed by atoms with E-state index in [-0.39, 0.29) is 17.6 Å². The zero-order valence-corrected chi connectivity index (χ0v) is 10.2. The summed E-state index contributed by atoms with van der Waals surface area (Å²) in [6.07, 6.45) is 2.19. The van der Waals surface area contributed by atoms with E-state index in [1.165, 1.54) is 16.9 Å². The minimum absolute atomic E-state index is 0.0109. The summed E-state index contributed by atoms with van der Waals surface area (Å²) in [4.78, 5) is 22.7. The molecule has 1 heterocycles. The zero-order valence-electron chi connectivity index (χ0n) is 10.2. The fourth-order valence-corrected chi connectivity index (χ4v) is 1.37. The maximum absolute atomic E-state index is 11.8. The molecule has 17 heavy (non-hydrogen) atoms. The lowest BCUT2D eigenvalue weighted by Crippen LogP contribution is -2.37. The first-order valence-corrected chi connectivity index (χ1v) is 5.54. The molecule has 2 unspecified atom stereocenters.